The maximum atomic E-state index is 13.2. The second-order valence-electron chi connectivity index (χ2n) is 6.16. The van der Waals surface area contributed by atoms with Gasteiger partial charge in [0, 0.05) is 39.9 Å². The van der Waals surface area contributed by atoms with Crippen molar-refractivity contribution in [1.29, 1.82) is 0 Å². The second kappa shape index (κ2) is 9.49. The summed E-state index contributed by atoms with van der Waals surface area (Å²) in [5.74, 6) is 0. The third kappa shape index (κ3) is 5.96. The number of hydrogen-bond acceptors (Lipinski definition) is 4. The molecule has 0 saturated carbocycles. The summed E-state index contributed by atoms with van der Waals surface area (Å²) in [5, 5.41) is 22.6. The van der Waals surface area contributed by atoms with Gasteiger partial charge in [-0.1, -0.05) is 26.7 Å². The quantitative estimate of drug-likeness (QED) is 0.398. The van der Waals surface area contributed by atoms with Crippen molar-refractivity contribution in [1.82, 2.24) is 0 Å². The zero-order valence-electron chi connectivity index (χ0n) is 14.7. The maximum absolute atomic E-state index is 13.2. The first kappa shape index (κ1) is 21.9. The van der Waals surface area contributed by atoms with E-state index in [0.717, 1.165) is 0 Å². The summed E-state index contributed by atoms with van der Waals surface area (Å²) >= 11 is 0. The molecule has 1 aromatic carbocycles. The van der Waals surface area contributed by atoms with E-state index in [1.807, 2.05) is 13.8 Å². The van der Waals surface area contributed by atoms with E-state index in [1.165, 1.54) is 0 Å². The Morgan fingerprint density at radius 2 is 1.35 bits per heavy atom. The highest BCUT2D eigenvalue weighted by Crippen LogP contribution is 2.36. The summed E-state index contributed by atoms with van der Waals surface area (Å²) in [6.45, 7) is 3.62. The third-order valence-electron chi connectivity index (χ3n) is 4.13. The molecule has 0 amide bonds. The first-order chi connectivity index (χ1) is 12.1. The van der Waals surface area contributed by atoms with E-state index in [0.29, 0.717) is 37.8 Å². The van der Waals surface area contributed by atoms with E-state index in [1.54, 1.807) is 0 Å². The fourth-order valence-corrected chi connectivity index (χ4v) is 2.68. The SMILES string of the molecule is CCCCC(c1[c]c(C(CCCC)[N+](=O)[O-])cc(C(F)(F)F)c1)[N+](=O)[O-]. The molecule has 0 heterocycles. The molecule has 2 atom stereocenters. The normalized spacial score (nSPS) is 14.0. The molecule has 0 aliphatic carbocycles. The summed E-state index contributed by atoms with van der Waals surface area (Å²) in [4.78, 5) is 21.3. The molecule has 2 unspecified atom stereocenters. The molecule has 145 valence electrons. The maximum Gasteiger partial charge on any atom is 0.416 e. The lowest BCUT2D eigenvalue weighted by Crippen LogP contribution is -2.17. The molecule has 1 rings (SSSR count). The molecule has 0 bridgehead atoms. The summed E-state index contributed by atoms with van der Waals surface area (Å²) < 4.78 is 39.7. The van der Waals surface area contributed by atoms with E-state index in [4.69, 9.17) is 0 Å². The van der Waals surface area contributed by atoms with Crippen LogP contribution in [0.1, 0.15) is 81.1 Å². The Morgan fingerprint density at radius 1 is 0.962 bits per heavy atom. The van der Waals surface area contributed by atoms with Crippen LogP contribution in [0.3, 0.4) is 0 Å². The van der Waals surface area contributed by atoms with Crippen LogP contribution < -0.4 is 0 Å². The molecule has 0 aromatic heterocycles. The minimum Gasteiger partial charge on any atom is -0.264 e. The number of rotatable bonds is 10. The molecule has 0 saturated heterocycles. The van der Waals surface area contributed by atoms with Crippen molar-refractivity contribution < 1.29 is 23.0 Å². The van der Waals surface area contributed by atoms with Crippen LogP contribution in [0.2, 0.25) is 0 Å². The molecule has 9 heteroatoms. The summed E-state index contributed by atoms with van der Waals surface area (Å²) in [6, 6.07) is 1.19. The Kier molecular flexibility index (Phi) is 7.98. The number of halogens is 3. The molecule has 1 aromatic rings. The smallest absolute Gasteiger partial charge is 0.264 e. The van der Waals surface area contributed by atoms with E-state index in [-0.39, 0.29) is 24.0 Å². The zero-order valence-corrected chi connectivity index (χ0v) is 14.7. The Morgan fingerprint density at radius 3 is 1.62 bits per heavy atom. The highest BCUT2D eigenvalue weighted by molar-refractivity contribution is 5.33. The molecule has 0 N–H and O–H groups in total. The van der Waals surface area contributed by atoms with Gasteiger partial charge in [-0.05, 0) is 25.0 Å². The molecule has 0 aliphatic rings. The Balaban J connectivity index is 3.46. The van der Waals surface area contributed by atoms with Gasteiger partial charge in [-0.25, -0.2) is 0 Å². The minimum atomic E-state index is -4.75. The lowest BCUT2D eigenvalue weighted by Gasteiger charge is -2.16. The van der Waals surface area contributed by atoms with Gasteiger partial charge in [0.2, 0.25) is 12.1 Å². The van der Waals surface area contributed by atoms with Crippen molar-refractivity contribution in [2.75, 3.05) is 0 Å². The van der Waals surface area contributed by atoms with E-state index < -0.39 is 33.7 Å². The van der Waals surface area contributed by atoms with Crippen molar-refractivity contribution in [3.8, 4) is 0 Å². The van der Waals surface area contributed by atoms with Crippen LogP contribution in [0.5, 0.6) is 0 Å². The van der Waals surface area contributed by atoms with Crippen molar-refractivity contribution in [2.45, 2.75) is 70.6 Å². The van der Waals surface area contributed by atoms with E-state index in [2.05, 4.69) is 6.07 Å². The number of hydrogen-bond donors (Lipinski definition) is 0. The molecule has 26 heavy (non-hydrogen) atoms. The van der Waals surface area contributed by atoms with Gasteiger partial charge in [0.1, 0.15) is 0 Å². The zero-order chi connectivity index (χ0) is 19.9. The molecular weight excluding hydrogens is 353 g/mol. The van der Waals surface area contributed by atoms with E-state index in [9.17, 15) is 33.4 Å². The Hall–Kier alpha value is -2.19. The van der Waals surface area contributed by atoms with Gasteiger partial charge < -0.3 is 0 Å². The van der Waals surface area contributed by atoms with Crippen LogP contribution in [0.15, 0.2) is 12.1 Å². The molecule has 6 nitrogen and oxygen atoms in total. The molecule has 1 radical (unpaired) electrons. The average molecular weight is 375 g/mol. The monoisotopic (exact) mass is 375 g/mol. The predicted octanol–water partition coefficient (Wildman–Crippen LogP) is 5.52. The Labute approximate surface area is 149 Å². The molecule has 0 aliphatic heterocycles. The summed E-state index contributed by atoms with van der Waals surface area (Å²) in [7, 11) is 0. The van der Waals surface area contributed by atoms with Gasteiger partial charge in [-0.15, -0.1) is 0 Å². The standard InChI is InChI=1S/C17H22F3N2O4/c1-3-5-7-15(21(23)24)12-9-13(11-14(10-12)17(18,19)20)16(22(25)26)8-6-4-2/h10-11,15-16H,3-8H2,1-2H3. The number of unbranched alkanes of at least 4 members (excludes halogenated alkanes) is 2. The van der Waals surface area contributed by atoms with Gasteiger partial charge in [0.25, 0.3) is 0 Å². The van der Waals surface area contributed by atoms with Gasteiger partial charge in [-0.2, -0.15) is 13.2 Å². The fourth-order valence-electron chi connectivity index (χ4n) is 2.68. The first-order valence-electron chi connectivity index (χ1n) is 8.53. The van der Waals surface area contributed by atoms with Crippen molar-refractivity contribution in [2.24, 2.45) is 0 Å². The van der Waals surface area contributed by atoms with Crippen LogP contribution in [0, 0.1) is 26.3 Å². The topological polar surface area (TPSA) is 86.3 Å². The van der Waals surface area contributed by atoms with Gasteiger partial charge in [0.05, 0.1) is 5.56 Å². The van der Waals surface area contributed by atoms with Crippen LogP contribution in [-0.2, 0) is 6.18 Å². The predicted molar refractivity (Wildman–Crippen MR) is 88.8 cm³/mol. The van der Waals surface area contributed by atoms with Gasteiger partial charge in [0.15, 0.2) is 0 Å². The lowest BCUT2D eigenvalue weighted by atomic mass is 9.93. The fraction of sp³-hybridized carbons (Fsp3) is 0.647. The average Bonchev–Trinajstić information content (AvgIpc) is 2.54. The summed E-state index contributed by atoms with van der Waals surface area (Å²) in [6.07, 6.45) is -2.44. The second-order valence-corrected chi connectivity index (χ2v) is 6.16. The minimum absolute atomic E-state index is 0.0544. The van der Waals surface area contributed by atoms with Crippen molar-refractivity contribution in [3.05, 3.63) is 55.1 Å². The highest BCUT2D eigenvalue weighted by Gasteiger charge is 2.36. The van der Waals surface area contributed by atoms with Crippen molar-refractivity contribution >= 4 is 0 Å². The highest BCUT2D eigenvalue weighted by atomic mass is 19.4. The van der Waals surface area contributed by atoms with Crippen LogP contribution >= 0.6 is 0 Å². The number of nitrogens with zero attached hydrogens (tertiary/aromatic N) is 2. The van der Waals surface area contributed by atoms with Crippen LogP contribution in [0.4, 0.5) is 13.2 Å². The van der Waals surface area contributed by atoms with Crippen LogP contribution in [0.25, 0.3) is 0 Å². The summed E-state index contributed by atoms with van der Waals surface area (Å²) in [5.41, 5.74) is -1.62. The van der Waals surface area contributed by atoms with Gasteiger partial charge >= 0.3 is 6.18 Å². The largest absolute Gasteiger partial charge is 0.416 e. The van der Waals surface area contributed by atoms with Crippen LogP contribution in [-0.4, -0.2) is 9.85 Å². The Bertz CT molecular complexity index is 591. The molecular formula is C17H22F3N2O4. The van der Waals surface area contributed by atoms with Gasteiger partial charge in [-0.3, -0.25) is 20.2 Å². The third-order valence-corrected chi connectivity index (χ3v) is 4.13. The molecule has 0 fully saturated rings. The number of nitro groups is 2. The number of benzene rings is 1. The number of alkyl halides is 3. The van der Waals surface area contributed by atoms with Crippen molar-refractivity contribution in [3.63, 3.8) is 0 Å². The lowest BCUT2D eigenvalue weighted by molar-refractivity contribution is -0.531. The van der Waals surface area contributed by atoms with E-state index >= 15 is 0 Å². The molecule has 0 spiro atoms. The first-order valence-corrected chi connectivity index (χ1v) is 8.53.